The maximum absolute atomic E-state index is 8.43. The molecule has 1 N–H and O–H groups in total. The third kappa shape index (κ3) is 5.20. The van der Waals surface area contributed by atoms with E-state index in [9.17, 15) is 0 Å². The molecule has 1 aromatic carbocycles. The molecule has 0 spiro atoms. The molecule has 4 nitrogen and oxygen atoms in total. The fourth-order valence-corrected chi connectivity index (χ4v) is 2.40. The van der Waals surface area contributed by atoms with E-state index in [4.69, 9.17) is 14.7 Å². The Morgan fingerprint density at radius 2 is 1.95 bits per heavy atom. The highest BCUT2D eigenvalue weighted by Gasteiger charge is 2.14. The smallest absolute Gasteiger partial charge is 0.174 e. The normalized spacial score (nSPS) is 15.2. The molecule has 1 aliphatic rings. The number of benzene rings is 1. The predicted molar refractivity (Wildman–Crippen MR) is 77.5 cm³/mol. The molecule has 0 aliphatic heterocycles. The fraction of sp³-hybridized carbons (Fsp3) is 0.562. The molecule has 1 saturated carbocycles. The van der Waals surface area contributed by atoms with Gasteiger partial charge in [-0.3, -0.25) is 0 Å². The van der Waals surface area contributed by atoms with E-state index >= 15 is 0 Å². The molecule has 0 atom stereocenters. The zero-order valence-electron chi connectivity index (χ0n) is 11.8. The minimum atomic E-state index is 0.0934. The molecule has 1 aromatic rings. The molecule has 0 amide bonds. The number of ether oxygens (including phenoxy) is 2. The standard InChI is InChI=1S/C16H22N2O2/c17-9-11-19-16-7-5-14(6-8-16)13-18-10-12-20-15-3-1-2-4-15/h5-8,15,18H,1-4,10-13H2. The van der Waals surface area contributed by atoms with Crippen molar-refractivity contribution < 1.29 is 9.47 Å². The first kappa shape index (κ1) is 14.8. The summed E-state index contributed by atoms with van der Waals surface area (Å²) in [6, 6.07) is 9.76. The van der Waals surface area contributed by atoms with Crippen molar-refractivity contribution in [3.8, 4) is 11.8 Å². The second-order valence-corrected chi connectivity index (χ2v) is 5.04. The van der Waals surface area contributed by atoms with Crippen molar-refractivity contribution in [1.82, 2.24) is 5.32 Å². The van der Waals surface area contributed by atoms with Crippen molar-refractivity contribution in [3.05, 3.63) is 29.8 Å². The Labute approximate surface area is 120 Å². The van der Waals surface area contributed by atoms with Crippen LogP contribution in [0.3, 0.4) is 0 Å². The highest BCUT2D eigenvalue weighted by molar-refractivity contribution is 5.27. The van der Waals surface area contributed by atoms with Gasteiger partial charge in [0.25, 0.3) is 0 Å². The molecule has 2 rings (SSSR count). The summed E-state index contributed by atoms with van der Waals surface area (Å²) in [4.78, 5) is 0. The SMILES string of the molecule is N#CCOc1ccc(CNCCOC2CCCC2)cc1. The molecular weight excluding hydrogens is 252 g/mol. The number of nitrogens with one attached hydrogen (secondary N) is 1. The van der Waals surface area contributed by atoms with Crippen molar-refractivity contribution in [3.63, 3.8) is 0 Å². The van der Waals surface area contributed by atoms with Gasteiger partial charge in [-0.25, -0.2) is 0 Å². The van der Waals surface area contributed by atoms with Crippen LogP contribution in [-0.4, -0.2) is 25.9 Å². The van der Waals surface area contributed by atoms with Gasteiger partial charge in [0.05, 0.1) is 12.7 Å². The largest absolute Gasteiger partial charge is 0.479 e. The van der Waals surface area contributed by atoms with Gasteiger partial charge in [-0.1, -0.05) is 25.0 Å². The summed E-state index contributed by atoms with van der Waals surface area (Å²) in [6.45, 7) is 2.58. The first-order valence-electron chi connectivity index (χ1n) is 7.29. The van der Waals surface area contributed by atoms with Gasteiger partial charge in [-0.2, -0.15) is 5.26 Å². The van der Waals surface area contributed by atoms with Crippen LogP contribution in [0.1, 0.15) is 31.2 Å². The molecule has 0 unspecified atom stereocenters. The van der Waals surface area contributed by atoms with Crippen molar-refractivity contribution in [2.24, 2.45) is 0 Å². The zero-order chi connectivity index (χ0) is 14.0. The predicted octanol–water partition coefficient (Wildman–Crippen LogP) is 2.64. The lowest BCUT2D eigenvalue weighted by molar-refractivity contribution is 0.0603. The Balaban J connectivity index is 1.57. The van der Waals surface area contributed by atoms with Crippen molar-refractivity contribution >= 4 is 0 Å². The minimum Gasteiger partial charge on any atom is -0.479 e. The van der Waals surface area contributed by atoms with Gasteiger partial charge < -0.3 is 14.8 Å². The number of hydrogen-bond acceptors (Lipinski definition) is 4. The second kappa shape index (κ2) is 8.57. The molecule has 0 saturated heterocycles. The van der Waals surface area contributed by atoms with E-state index in [2.05, 4.69) is 5.32 Å². The Hall–Kier alpha value is -1.57. The monoisotopic (exact) mass is 274 g/mol. The highest BCUT2D eigenvalue weighted by atomic mass is 16.5. The van der Waals surface area contributed by atoms with Gasteiger partial charge in [-0.05, 0) is 30.5 Å². The Kier molecular flexibility index (Phi) is 6.36. The molecule has 4 heteroatoms. The van der Waals surface area contributed by atoms with Gasteiger partial charge in [0.1, 0.15) is 11.8 Å². The lowest BCUT2D eigenvalue weighted by Gasteiger charge is -2.11. The Bertz CT molecular complexity index is 419. The molecule has 0 radical (unpaired) electrons. The number of hydrogen-bond donors (Lipinski definition) is 1. The van der Waals surface area contributed by atoms with E-state index < -0.39 is 0 Å². The van der Waals surface area contributed by atoms with Crippen LogP contribution in [0.25, 0.3) is 0 Å². The van der Waals surface area contributed by atoms with Gasteiger partial charge in [0.2, 0.25) is 0 Å². The van der Waals surface area contributed by atoms with Crippen molar-refractivity contribution in [2.75, 3.05) is 19.8 Å². The van der Waals surface area contributed by atoms with Crippen LogP contribution in [-0.2, 0) is 11.3 Å². The summed E-state index contributed by atoms with van der Waals surface area (Å²) in [5.74, 6) is 0.736. The van der Waals surface area contributed by atoms with E-state index in [0.29, 0.717) is 6.10 Å². The minimum absolute atomic E-state index is 0.0934. The van der Waals surface area contributed by atoms with Crippen LogP contribution >= 0.6 is 0 Å². The molecule has 0 heterocycles. The summed E-state index contributed by atoms with van der Waals surface area (Å²) in [5.41, 5.74) is 1.20. The maximum atomic E-state index is 8.43. The molecular formula is C16H22N2O2. The number of rotatable bonds is 8. The fourth-order valence-electron chi connectivity index (χ4n) is 2.40. The van der Waals surface area contributed by atoms with E-state index in [1.54, 1.807) is 0 Å². The van der Waals surface area contributed by atoms with Gasteiger partial charge in [-0.15, -0.1) is 0 Å². The number of nitriles is 1. The molecule has 0 aromatic heterocycles. The molecule has 108 valence electrons. The van der Waals surface area contributed by atoms with Crippen LogP contribution < -0.4 is 10.1 Å². The quantitative estimate of drug-likeness (QED) is 0.740. The third-order valence-corrected chi connectivity index (χ3v) is 3.49. The summed E-state index contributed by atoms with van der Waals surface area (Å²) >= 11 is 0. The van der Waals surface area contributed by atoms with Crippen LogP contribution in [0, 0.1) is 11.3 Å². The first-order valence-corrected chi connectivity index (χ1v) is 7.29. The van der Waals surface area contributed by atoms with Crippen LogP contribution in [0.5, 0.6) is 5.75 Å². The van der Waals surface area contributed by atoms with Crippen molar-refractivity contribution in [1.29, 1.82) is 5.26 Å². The Morgan fingerprint density at radius 3 is 2.65 bits per heavy atom. The molecule has 1 aliphatic carbocycles. The van der Waals surface area contributed by atoms with Gasteiger partial charge in [0, 0.05) is 13.1 Å². The molecule has 0 bridgehead atoms. The highest BCUT2D eigenvalue weighted by Crippen LogP contribution is 2.20. The summed E-state index contributed by atoms with van der Waals surface area (Å²) < 4.78 is 11.0. The van der Waals surface area contributed by atoms with E-state index in [0.717, 1.165) is 25.4 Å². The lowest BCUT2D eigenvalue weighted by atomic mass is 10.2. The van der Waals surface area contributed by atoms with E-state index in [1.165, 1.54) is 31.2 Å². The Morgan fingerprint density at radius 1 is 1.20 bits per heavy atom. The van der Waals surface area contributed by atoms with Crippen LogP contribution in [0.2, 0.25) is 0 Å². The van der Waals surface area contributed by atoms with Gasteiger partial charge in [0.15, 0.2) is 6.61 Å². The van der Waals surface area contributed by atoms with Gasteiger partial charge >= 0.3 is 0 Å². The zero-order valence-corrected chi connectivity index (χ0v) is 11.8. The second-order valence-electron chi connectivity index (χ2n) is 5.04. The molecule has 20 heavy (non-hydrogen) atoms. The van der Waals surface area contributed by atoms with Crippen molar-refractivity contribution in [2.45, 2.75) is 38.3 Å². The number of nitrogens with zero attached hydrogens (tertiary/aromatic N) is 1. The average Bonchev–Trinajstić information content (AvgIpc) is 2.99. The first-order chi connectivity index (χ1) is 9.88. The summed E-state index contributed by atoms with van der Waals surface area (Å²) in [7, 11) is 0. The summed E-state index contributed by atoms with van der Waals surface area (Å²) in [5, 5.41) is 11.8. The topological polar surface area (TPSA) is 54.3 Å². The van der Waals surface area contributed by atoms with Crippen LogP contribution in [0.15, 0.2) is 24.3 Å². The average molecular weight is 274 g/mol. The third-order valence-electron chi connectivity index (χ3n) is 3.49. The van der Waals surface area contributed by atoms with Crippen LogP contribution in [0.4, 0.5) is 0 Å². The van der Waals surface area contributed by atoms with E-state index in [-0.39, 0.29) is 6.61 Å². The molecule has 1 fully saturated rings. The lowest BCUT2D eigenvalue weighted by Crippen LogP contribution is -2.21. The maximum Gasteiger partial charge on any atom is 0.174 e. The van der Waals surface area contributed by atoms with E-state index in [1.807, 2.05) is 30.3 Å². The summed E-state index contributed by atoms with van der Waals surface area (Å²) in [6.07, 6.45) is 5.58.